The van der Waals surface area contributed by atoms with Gasteiger partial charge < -0.3 is 14.6 Å². The van der Waals surface area contributed by atoms with Crippen LogP contribution in [0.15, 0.2) is 48.5 Å². The smallest absolute Gasteiger partial charge is 0.399 e. The monoisotopic (exact) mass is 323 g/mol. The summed E-state index contributed by atoms with van der Waals surface area (Å²) in [5.74, 6) is 0. The molecule has 0 saturated carbocycles. The number of anilines is 1. The molecule has 1 N–H and O–H groups in total. The lowest BCUT2D eigenvalue weighted by atomic mass is 9.78. The van der Waals surface area contributed by atoms with Gasteiger partial charge in [0.1, 0.15) is 0 Å². The third-order valence-corrected chi connectivity index (χ3v) is 5.02. The van der Waals surface area contributed by atoms with E-state index in [4.69, 9.17) is 9.31 Å². The Morgan fingerprint density at radius 2 is 1.54 bits per heavy atom. The zero-order chi connectivity index (χ0) is 17.4. The fourth-order valence-corrected chi connectivity index (χ4v) is 2.70. The summed E-state index contributed by atoms with van der Waals surface area (Å²) in [4.78, 5) is 0. The molecular formula is C20H26BNO2. The van der Waals surface area contributed by atoms with E-state index >= 15 is 0 Å². The summed E-state index contributed by atoms with van der Waals surface area (Å²) in [6.07, 6.45) is 0. The van der Waals surface area contributed by atoms with Gasteiger partial charge in [-0.25, -0.2) is 0 Å². The van der Waals surface area contributed by atoms with Crippen LogP contribution in [0, 0.1) is 6.92 Å². The summed E-state index contributed by atoms with van der Waals surface area (Å²) in [6, 6.07) is 16.8. The lowest BCUT2D eigenvalue weighted by Gasteiger charge is -2.32. The minimum absolute atomic E-state index is 0.311. The second-order valence-electron chi connectivity index (χ2n) is 7.55. The maximum atomic E-state index is 6.14. The number of nitrogens with one attached hydrogen (secondary N) is 1. The second kappa shape index (κ2) is 6.27. The van der Waals surface area contributed by atoms with Crippen LogP contribution in [0.4, 0.5) is 5.69 Å². The molecule has 1 aliphatic heterocycles. The maximum Gasteiger partial charge on any atom is 0.494 e. The second-order valence-corrected chi connectivity index (χ2v) is 7.55. The van der Waals surface area contributed by atoms with Crippen LogP contribution in [0.3, 0.4) is 0 Å². The Bertz CT molecular complexity index is 694. The first kappa shape index (κ1) is 17.1. The van der Waals surface area contributed by atoms with E-state index < -0.39 is 0 Å². The first-order chi connectivity index (χ1) is 11.3. The van der Waals surface area contributed by atoms with Crippen LogP contribution in [-0.2, 0) is 15.9 Å². The maximum absolute atomic E-state index is 6.14. The summed E-state index contributed by atoms with van der Waals surface area (Å²) < 4.78 is 12.3. The Kier molecular flexibility index (Phi) is 4.45. The Morgan fingerprint density at radius 1 is 0.917 bits per heavy atom. The molecule has 126 valence electrons. The normalized spacial score (nSPS) is 18.6. The highest BCUT2D eigenvalue weighted by atomic mass is 16.7. The Morgan fingerprint density at radius 3 is 2.17 bits per heavy atom. The average Bonchev–Trinajstić information content (AvgIpc) is 2.75. The molecule has 0 radical (unpaired) electrons. The molecule has 0 aromatic heterocycles. The summed E-state index contributed by atoms with van der Waals surface area (Å²) in [5, 5.41) is 3.46. The molecule has 3 rings (SSSR count). The van der Waals surface area contributed by atoms with Crippen molar-refractivity contribution in [3.8, 4) is 0 Å². The molecule has 0 aliphatic carbocycles. The number of hydrogen-bond acceptors (Lipinski definition) is 3. The minimum atomic E-state index is -0.312. The van der Waals surface area contributed by atoms with Gasteiger partial charge in [0.2, 0.25) is 0 Å². The quantitative estimate of drug-likeness (QED) is 0.866. The van der Waals surface area contributed by atoms with Crippen molar-refractivity contribution in [1.29, 1.82) is 0 Å². The number of benzene rings is 2. The van der Waals surface area contributed by atoms with Gasteiger partial charge in [-0.15, -0.1) is 0 Å². The van der Waals surface area contributed by atoms with Crippen LogP contribution in [0.5, 0.6) is 0 Å². The molecule has 24 heavy (non-hydrogen) atoms. The molecule has 2 aromatic carbocycles. The Balaban J connectivity index is 1.70. The highest BCUT2D eigenvalue weighted by Crippen LogP contribution is 2.36. The fraction of sp³-hybridized carbons (Fsp3) is 0.400. The van der Waals surface area contributed by atoms with Crippen LogP contribution in [-0.4, -0.2) is 18.3 Å². The van der Waals surface area contributed by atoms with E-state index in [1.807, 2.05) is 0 Å². The third-order valence-electron chi connectivity index (χ3n) is 5.02. The zero-order valence-electron chi connectivity index (χ0n) is 15.2. The van der Waals surface area contributed by atoms with Gasteiger partial charge in [0.15, 0.2) is 0 Å². The molecule has 2 aromatic rings. The first-order valence-electron chi connectivity index (χ1n) is 8.52. The van der Waals surface area contributed by atoms with E-state index in [-0.39, 0.29) is 18.3 Å². The number of aryl methyl sites for hydroxylation is 1. The van der Waals surface area contributed by atoms with Crippen LogP contribution >= 0.6 is 0 Å². The van der Waals surface area contributed by atoms with E-state index in [9.17, 15) is 0 Å². The standard InChI is InChI=1S/C20H26BNO2/c1-15-9-11-18(12-10-15)22-14-16-7-6-8-17(13-16)21-23-19(2,3)20(4,5)24-21/h6-13,22H,14H2,1-5H3. The molecule has 1 fully saturated rings. The van der Waals surface area contributed by atoms with Gasteiger partial charge in [-0.3, -0.25) is 0 Å². The summed E-state index contributed by atoms with van der Waals surface area (Å²) in [6.45, 7) is 11.2. The first-order valence-corrected chi connectivity index (χ1v) is 8.52. The van der Waals surface area contributed by atoms with Crippen molar-refractivity contribution in [2.45, 2.75) is 52.4 Å². The lowest BCUT2D eigenvalue weighted by Crippen LogP contribution is -2.41. The molecule has 0 atom stereocenters. The molecule has 0 amide bonds. The van der Waals surface area contributed by atoms with Crippen molar-refractivity contribution in [2.24, 2.45) is 0 Å². The van der Waals surface area contributed by atoms with E-state index in [2.05, 4.69) is 88.5 Å². The molecule has 1 aliphatic rings. The van der Waals surface area contributed by atoms with E-state index in [1.54, 1.807) is 0 Å². The van der Waals surface area contributed by atoms with Crippen molar-refractivity contribution in [2.75, 3.05) is 5.32 Å². The molecule has 1 saturated heterocycles. The van der Waals surface area contributed by atoms with Crippen molar-refractivity contribution in [1.82, 2.24) is 0 Å². The summed E-state index contributed by atoms with van der Waals surface area (Å²) in [7, 11) is -0.311. The SMILES string of the molecule is Cc1ccc(NCc2cccc(B3OC(C)(C)C(C)(C)O3)c2)cc1. The number of rotatable bonds is 4. The van der Waals surface area contributed by atoms with E-state index in [0.717, 1.165) is 17.7 Å². The van der Waals surface area contributed by atoms with Gasteiger partial charge in [-0.05, 0) is 57.8 Å². The van der Waals surface area contributed by atoms with Gasteiger partial charge in [0.05, 0.1) is 11.2 Å². The molecule has 1 heterocycles. The predicted molar refractivity (Wildman–Crippen MR) is 101 cm³/mol. The Hall–Kier alpha value is -1.78. The van der Waals surface area contributed by atoms with Gasteiger partial charge in [0.25, 0.3) is 0 Å². The fourth-order valence-electron chi connectivity index (χ4n) is 2.70. The topological polar surface area (TPSA) is 30.5 Å². The molecule has 0 bridgehead atoms. The summed E-state index contributed by atoms with van der Waals surface area (Å²) >= 11 is 0. The van der Waals surface area contributed by atoms with Crippen LogP contribution < -0.4 is 10.8 Å². The molecule has 4 heteroatoms. The zero-order valence-corrected chi connectivity index (χ0v) is 15.2. The van der Waals surface area contributed by atoms with Gasteiger partial charge in [-0.1, -0.05) is 42.0 Å². The number of hydrogen-bond donors (Lipinski definition) is 1. The van der Waals surface area contributed by atoms with Gasteiger partial charge in [-0.2, -0.15) is 0 Å². The molecular weight excluding hydrogens is 297 g/mol. The predicted octanol–water partition coefficient (Wildman–Crippen LogP) is 3.91. The summed E-state index contributed by atoms with van der Waals surface area (Å²) in [5.41, 5.74) is 4.05. The van der Waals surface area contributed by atoms with Crippen LogP contribution in [0.25, 0.3) is 0 Å². The molecule has 3 nitrogen and oxygen atoms in total. The molecule has 0 spiro atoms. The average molecular weight is 323 g/mol. The van der Waals surface area contributed by atoms with Crippen molar-refractivity contribution in [3.05, 3.63) is 59.7 Å². The largest absolute Gasteiger partial charge is 0.494 e. The Labute approximate surface area is 145 Å². The van der Waals surface area contributed by atoms with Crippen LogP contribution in [0.2, 0.25) is 0 Å². The molecule has 0 unspecified atom stereocenters. The third kappa shape index (κ3) is 3.50. The highest BCUT2D eigenvalue weighted by Gasteiger charge is 2.51. The van der Waals surface area contributed by atoms with E-state index in [0.29, 0.717) is 0 Å². The van der Waals surface area contributed by atoms with Crippen molar-refractivity contribution >= 4 is 18.3 Å². The van der Waals surface area contributed by atoms with Gasteiger partial charge in [0, 0.05) is 12.2 Å². The van der Waals surface area contributed by atoms with Gasteiger partial charge >= 0.3 is 7.12 Å². The minimum Gasteiger partial charge on any atom is -0.399 e. The highest BCUT2D eigenvalue weighted by molar-refractivity contribution is 6.62. The lowest BCUT2D eigenvalue weighted by molar-refractivity contribution is 0.00578. The van der Waals surface area contributed by atoms with Crippen molar-refractivity contribution in [3.63, 3.8) is 0 Å². The van der Waals surface area contributed by atoms with Crippen LogP contribution in [0.1, 0.15) is 38.8 Å². The van der Waals surface area contributed by atoms with E-state index in [1.165, 1.54) is 11.1 Å². The van der Waals surface area contributed by atoms with Crippen molar-refractivity contribution < 1.29 is 9.31 Å².